The van der Waals surface area contributed by atoms with Crippen molar-refractivity contribution in [3.05, 3.63) is 54.1 Å². The first-order valence-electron chi connectivity index (χ1n) is 10.4. The lowest BCUT2D eigenvalue weighted by Crippen LogP contribution is -2.43. The average Bonchev–Trinajstić information content (AvgIpc) is 2.77. The molecule has 2 aromatic rings. The zero-order valence-corrected chi connectivity index (χ0v) is 18.1. The number of hydrogen-bond donors (Lipinski definition) is 0. The summed E-state index contributed by atoms with van der Waals surface area (Å²) in [5.41, 5.74) is 0.648. The lowest BCUT2D eigenvalue weighted by atomic mass is 9.90. The normalized spacial score (nSPS) is 14.5. The van der Waals surface area contributed by atoms with E-state index in [1.807, 2.05) is 0 Å². The summed E-state index contributed by atoms with van der Waals surface area (Å²) in [5.74, 6) is 1.36. The second-order valence-corrected chi connectivity index (χ2v) is 7.85. The number of hydrogen-bond acceptors (Lipinski definition) is 7. The van der Waals surface area contributed by atoms with Gasteiger partial charge in [-0.25, -0.2) is 4.79 Å². The third-order valence-electron chi connectivity index (χ3n) is 4.77. The molecule has 7 nitrogen and oxygen atoms in total. The van der Waals surface area contributed by atoms with E-state index in [1.165, 1.54) is 0 Å². The lowest BCUT2D eigenvalue weighted by Gasteiger charge is -2.37. The molecule has 0 atom stereocenters. The van der Waals surface area contributed by atoms with Gasteiger partial charge in [0.1, 0.15) is 17.2 Å². The minimum Gasteiger partial charge on any atom is -0.494 e. The number of methoxy groups -OCH3 is 1. The van der Waals surface area contributed by atoms with Gasteiger partial charge in [-0.1, -0.05) is 6.92 Å². The molecule has 0 saturated carbocycles. The molecule has 0 N–H and O–H groups in total. The molecule has 0 aromatic heterocycles. The smallest absolute Gasteiger partial charge is 0.343 e. The van der Waals surface area contributed by atoms with Crippen molar-refractivity contribution in [2.75, 3.05) is 46.9 Å². The van der Waals surface area contributed by atoms with Crippen molar-refractivity contribution < 1.29 is 33.2 Å². The van der Waals surface area contributed by atoms with Crippen LogP contribution in [-0.4, -0.2) is 52.9 Å². The van der Waals surface area contributed by atoms with E-state index in [1.54, 1.807) is 55.6 Å². The monoisotopic (exact) mass is 430 g/mol. The van der Waals surface area contributed by atoms with Crippen LogP contribution in [0.2, 0.25) is 0 Å². The van der Waals surface area contributed by atoms with Crippen LogP contribution in [0.4, 0.5) is 0 Å². The van der Waals surface area contributed by atoms with Crippen molar-refractivity contribution in [1.82, 2.24) is 0 Å². The summed E-state index contributed by atoms with van der Waals surface area (Å²) in [6, 6.07) is 13.7. The van der Waals surface area contributed by atoms with Gasteiger partial charge in [-0.05, 0) is 61.4 Å². The Balaban J connectivity index is 1.33. The molecule has 7 heteroatoms. The highest BCUT2D eigenvalue weighted by atomic mass is 16.7. The maximum Gasteiger partial charge on any atom is 0.343 e. The van der Waals surface area contributed by atoms with Crippen molar-refractivity contribution in [2.45, 2.75) is 19.8 Å². The largest absolute Gasteiger partial charge is 0.494 e. The molecule has 0 aliphatic carbocycles. The predicted molar refractivity (Wildman–Crippen MR) is 115 cm³/mol. The fourth-order valence-corrected chi connectivity index (χ4v) is 2.93. The summed E-state index contributed by atoms with van der Waals surface area (Å²) < 4.78 is 32.2. The van der Waals surface area contributed by atoms with Gasteiger partial charge in [0.2, 0.25) is 0 Å². The molecule has 1 heterocycles. The highest BCUT2D eigenvalue weighted by Crippen LogP contribution is 2.26. The van der Waals surface area contributed by atoms with E-state index in [9.17, 15) is 4.79 Å². The first-order chi connectivity index (χ1) is 15.1. The number of rotatable bonds is 13. The van der Waals surface area contributed by atoms with Crippen LogP contribution in [0.5, 0.6) is 17.2 Å². The molecule has 0 radical (unpaired) electrons. The number of esters is 1. The van der Waals surface area contributed by atoms with Gasteiger partial charge in [-0.15, -0.1) is 0 Å². The van der Waals surface area contributed by atoms with Gasteiger partial charge < -0.3 is 28.4 Å². The SMILES string of the molecule is COCOc1ccc(OC(=O)c2ccc(OCCCCOCC3(C)COC3)cc2)cc1. The topological polar surface area (TPSA) is 72.5 Å². The van der Waals surface area contributed by atoms with E-state index in [0.717, 1.165) is 45.0 Å². The van der Waals surface area contributed by atoms with Crippen molar-refractivity contribution in [2.24, 2.45) is 5.41 Å². The van der Waals surface area contributed by atoms with E-state index < -0.39 is 5.97 Å². The Hall–Kier alpha value is -2.61. The standard InChI is InChI=1S/C24H30O7/c1-24(16-28-17-24)15-27-13-3-4-14-29-20-7-5-19(6-8-20)23(25)31-22-11-9-21(10-12-22)30-18-26-2/h5-12H,3-4,13-18H2,1-2H3. The summed E-state index contributed by atoms with van der Waals surface area (Å²) in [6.07, 6.45) is 1.84. The Morgan fingerprint density at radius 1 is 0.903 bits per heavy atom. The molecule has 31 heavy (non-hydrogen) atoms. The summed E-state index contributed by atoms with van der Waals surface area (Å²) in [5, 5.41) is 0. The molecule has 0 spiro atoms. The van der Waals surface area contributed by atoms with Crippen molar-refractivity contribution in [3.63, 3.8) is 0 Å². The highest BCUT2D eigenvalue weighted by Gasteiger charge is 2.33. The number of ether oxygens (including phenoxy) is 6. The zero-order chi connectivity index (χ0) is 21.9. The Kier molecular flexibility index (Phi) is 8.70. The van der Waals surface area contributed by atoms with Crippen LogP contribution in [0, 0.1) is 5.41 Å². The molecule has 1 saturated heterocycles. The third kappa shape index (κ3) is 7.54. The van der Waals surface area contributed by atoms with Gasteiger partial charge in [-0.3, -0.25) is 0 Å². The van der Waals surface area contributed by atoms with Crippen LogP contribution in [0.1, 0.15) is 30.1 Å². The molecule has 0 bridgehead atoms. The van der Waals surface area contributed by atoms with Gasteiger partial charge in [0, 0.05) is 19.1 Å². The van der Waals surface area contributed by atoms with E-state index in [2.05, 4.69) is 6.92 Å². The quantitative estimate of drug-likeness (QED) is 0.205. The Morgan fingerprint density at radius 3 is 2.16 bits per heavy atom. The van der Waals surface area contributed by atoms with Gasteiger partial charge in [0.05, 0.1) is 32.0 Å². The molecule has 1 fully saturated rings. The zero-order valence-electron chi connectivity index (χ0n) is 18.1. The lowest BCUT2D eigenvalue weighted by molar-refractivity contribution is -0.138. The highest BCUT2D eigenvalue weighted by molar-refractivity contribution is 5.91. The maximum atomic E-state index is 12.3. The van der Waals surface area contributed by atoms with Crippen LogP contribution >= 0.6 is 0 Å². The number of benzene rings is 2. The molecule has 2 aromatic carbocycles. The van der Waals surface area contributed by atoms with Gasteiger partial charge in [-0.2, -0.15) is 0 Å². The minimum absolute atomic E-state index is 0.163. The first-order valence-corrected chi connectivity index (χ1v) is 10.4. The average molecular weight is 430 g/mol. The Labute approximate surface area is 183 Å². The van der Waals surface area contributed by atoms with E-state index >= 15 is 0 Å². The fraction of sp³-hybridized carbons (Fsp3) is 0.458. The molecule has 0 amide bonds. The second kappa shape index (κ2) is 11.7. The fourth-order valence-electron chi connectivity index (χ4n) is 2.93. The number of carbonyl (C=O) groups excluding carboxylic acids is 1. The summed E-state index contributed by atoms with van der Waals surface area (Å²) >= 11 is 0. The molecule has 0 unspecified atom stereocenters. The van der Waals surface area contributed by atoms with E-state index in [0.29, 0.717) is 23.7 Å². The molecule has 3 rings (SSSR count). The number of unbranched alkanes of at least 4 members (excludes halogenated alkanes) is 1. The van der Waals surface area contributed by atoms with E-state index in [4.69, 9.17) is 28.4 Å². The third-order valence-corrected chi connectivity index (χ3v) is 4.77. The van der Waals surface area contributed by atoms with Gasteiger partial charge >= 0.3 is 5.97 Å². The van der Waals surface area contributed by atoms with Crippen LogP contribution in [0.25, 0.3) is 0 Å². The summed E-state index contributed by atoms with van der Waals surface area (Å²) in [4.78, 5) is 12.3. The number of carbonyl (C=O) groups is 1. The second-order valence-electron chi connectivity index (χ2n) is 7.85. The van der Waals surface area contributed by atoms with Crippen molar-refractivity contribution in [1.29, 1.82) is 0 Å². The Morgan fingerprint density at radius 2 is 1.52 bits per heavy atom. The summed E-state index contributed by atoms with van der Waals surface area (Å²) in [7, 11) is 1.55. The van der Waals surface area contributed by atoms with Crippen LogP contribution < -0.4 is 14.2 Å². The van der Waals surface area contributed by atoms with Crippen LogP contribution in [-0.2, 0) is 14.2 Å². The van der Waals surface area contributed by atoms with Crippen LogP contribution in [0.3, 0.4) is 0 Å². The van der Waals surface area contributed by atoms with Gasteiger partial charge in [0.25, 0.3) is 0 Å². The van der Waals surface area contributed by atoms with Crippen molar-refractivity contribution >= 4 is 5.97 Å². The Bertz CT molecular complexity index is 798. The molecular weight excluding hydrogens is 400 g/mol. The minimum atomic E-state index is -0.431. The molecule has 1 aliphatic rings. The molecule has 168 valence electrons. The predicted octanol–water partition coefficient (Wildman–Crippen LogP) is 4.10. The molecule has 1 aliphatic heterocycles. The van der Waals surface area contributed by atoms with Crippen molar-refractivity contribution in [3.8, 4) is 17.2 Å². The molecular formula is C24H30O7. The first kappa shape index (κ1) is 23.1. The van der Waals surface area contributed by atoms with E-state index in [-0.39, 0.29) is 12.2 Å². The summed E-state index contributed by atoms with van der Waals surface area (Å²) in [6.45, 7) is 5.99. The van der Waals surface area contributed by atoms with Gasteiger partial charge in [0.15, 0.2) is 6.79 Å². The van der Waals surface area contributed by atoms with Crippen LogP contribution in [0.15, 0.2) is 48.5 Å². The maximum absolute atomic E-state index is 12.3.